The lowest BCUT2D eigenvalue weighted by molar-refractivity contribution is -0.279. The highest BCUT2D eigenvalue weighted by molar-refractivity contribution is 5.30. The van der Waals surface area contributed by atoms with Crippen LogP contribution in [-0.2, 0) is 0 Å². The predicted octanol–water partition coefficient (Wildman–Crippen LogP) is 5.08. The van der Waals surface area contributed by atoms with Gasteiger partial charge in [-0.1, -0.05) is 52.7 Å². The molecule has 4 nitrogen and oxygen atoms in total. The second-order valence-corrected chi connectivity index (χ2v) is 13.6. The van der Waals surface area contributed by atoms with Crippen molar-refractivity contribution in [2.24, 2.45) is 46.3 Å². The Hall–Kier alpha value is -0.420. The van der Waals surface area contributed by atoms with Crippen LogP contribution in [-0.4, -0.2) is 44.3 Å². The lowest BCUT2D eigenvalue weighted by Gasteiger charge is -2.66. The Morgan fingerprint density at radius 3 is 2.33 bits per heavy atom. The van der Waals surface area contributed by atoms with Crippen molar-refractivity contribution in [3.05, 3.63) is 11.1 Å². The van der Waals surface area contributed by atoms with E-state index in [1.54, 1.807) is 5.57 Å². The van der Waals surface area contributed by atoms with Gasteiger partial charge in [-0.2, -0.15) is 0 Å². The lowest BCUT2D eigenvalue weighted by Crippen LogP contribution is -2.70. The van der Waals surface area contributed by atoms with E-state index < -0.39 is 29.3 Å². The summed E-state index contributed by atoms with van der Waals surface area (Å²) in [6.07, 6.45) is 4.26. The van der Waals surface area contributed by atoms with Crippen molar-refractivity contribution >= 4 is 0 Å². The van der Waals surface area contributed by atoms with Gasteiger partial charge < -0.3 is 20.4 Å². The summed E-state index contributed by atoms with van der Waals surface area (Å²) >= 11 is 0. The first-order chi connectivity index (χ1) is 15.3. The fourth-order valence-electron chi connectivity index (χ4n) is 9.35. The van der Waals surface area contributed by atoms with Gasteiger partial charge in [-0.15, -0.1) is 0 Å². The first-order valence-electron chi connectivity index (χ1n) is 13.7. The van der Waals surface area contributed by atoms with Crippen LogP contribution in [0.3, 0.4) is 0 Å². The van der Waals surface area contributed by atoms with Gasteiger partial charge in [0.05, 0.1) is 23.9 Å². The third kappa shape index (κ3) is 3.77. The molecule has 0 aromatic heterocycles. The van der Waals surface area contributed by atoms with E-state index in [2.05, 4.69) is 48.5 Å². The molecule has 4 heteroatoms. The molecular weight excluding hydrogens is 412 g/mol. The Balaban J connectivity index is 1.65. The van der Waals surface area contributed by atoms with Crippen molar-refractivity contribution < 1.29 is 20.4 Å². The van der Waals surface area contributed by atoms with Crippen LogP contribution in [0.15, 0.2) is 11.1 Å². The van der Waals surface area contributed by atoms with Gasteiger partial charge in [0.15, 0.2) is 0 Å². The molecule has 0 heterocycles. The molecule has 0 spiro atoms. The normalized spacial score (nSPS) is 50.9. The van der Waals surface area contributed by atoms with Crippen LogP contribution < -0.4 is 0 Å². The highest BCUT2D eigenvalue weighted by Crippen LogP contribution is 2.68. The molecular formula is C29H50O4. The summed E-state index contributed by atoms with van der Waals surface area (Å²) in [6, 6.07) is 0. The number of aliphatic hydroxyl groups is 4. The average molecular weight is 463 g/mol. The maximum atomic E-state index is 11.7. The van der Waals surface area contributed by atoms with Gasteiger partial charge in [-0.25, -0.2) is 0 Å². The van der Waals surface area contributed by atoms with Crippen molar-refractivity contribution in [3.63, 3.8) is 0 Å². The molecule has 0 aromatic rings. The zero-order valence-electron chi connectivity index (χ0n) is 22.1. The van der Waals surface area contributed by atoms with Crippen LogP contribution in [0.1, 0.15) is 99.8 Å². The maximum absolute atomic E-state index is 11.7. The Morgan fingerprint density at radius 2 is 1.70 bits per heavy atom. The summed E-state index contributed by atoms with van der Waals surface area (Å²) in [7, 11) is 0. The number of fused-ring (bicyclic) bond motifs is 5. The largest absolute Gasteiger partial charge is 0.393 e. The van der Waals surface area contributed by atoms with E-state index in [9.17, 15) is 20.4 Å². The van der Waals surface area contributed by atoms with E-state index >= 15 is 0 Å². The first kappa shape index (κ1) is 25.7. The van der Waals surface area contributed by atoms with Crippen molar-refractivity contribution in [2.45, 2.75) is 124 Å². The van der Waals surface area contributed by atoms with Crippen LogP contribution in [0.2, 0.25) is 0 Å². The smallest absolute Gasteiger partial charge is 0.0986 e. The van der Waals surface area contributed by atoms with Gasteiger partial charge in [0.1, 0.15) is 0 Å². The van der Waals surface area contributed by atoms with Crippen molar-refractivity contribution in [3.8, 4) is 0 Å². The number of allylic oxidation sites excluding steroid dienone is 2. The van der Waals surface area contributed by atoms with Gasteiger partial charge in [0.25, 0.3) is 0 Å². The zero-order chi connectivity index (χ0) is 24.5. The van der Waals surface area contributed by atoms with Crippen LogP contribution in [0, 0.1) is 46.3 Å². The van der Waals surface area contributed by atoms with Gasteiger partial charge >= 0.3 is 0 Å². The van der Waals surface area contributed by atoms with Crippen LogP contribution in [0.4, 0.5) is 0 Å². The van der Waals surface area contributed by atoms with Crippen LogP contribution >= 0.6 is 0 Å². The van der Waals surface area contributed by atoms with Crippen molar-refractivity contribution in [2.75, 3.05) is 0 Å². The van der Waals surface area contributed by atoms with E-state index in [-0.39, 0.29) is 23.7 Å². The van der Waals surface area contributed by atoms with Gasteiger partial charge in [0.2, 0.25) is 0 Å². The SMILES string of the molecule is CC(CC(C)C(C)C(C)C)=C1CCC2C3CC(O)C4(O)CC(O)CCC4(C)C3C(O)CC12C. The quantitative estimate of drug-likeness (QED) is 0.439. The molecule has 0 amide bonds. The topological polar surface area (TPSA) is 80.9 Å². The summed E-state index contributed by atoms with van der Waals surface area (Å²) in [5.41, 5.74) is 1.19. The van der Waals surface area contributed by atoms with Crippen LogP contribution in [0.5, 0.6) is 0 Å². The summed E-state index contributed by atoms with van der Waals surface area (Å²) < 4.78 is 0. The summed E-state index contributed by atoms with van der Waals surface area (Å²) in [4.78, 5) is 0. The monoisotopic (exact) mass is 462 g/mol. The van der Waals surface area contributed by atoms with E-state index in [1.807, 2.05) is 0 Å². The Bertz CT molecular complexity index is 776. The van der Waals surface area contributed by atoms with Gasteiger partial charge in [-0.3, -0.25) is 0 Å². The Kier molecular flexibility index (Phi) is 6.69. The van der Waals surface area contributed by atoms with E-state index in [0.29, 0.717) is 42.9 Å². The maximum Gasteiger partial charge on any atom is 0.0986 e. The predicted molar refractivity (Wildman–Crippen MR) is 132 cm³/mol. The molecule has 4 saturated carbocycles. The number of hydrogen-bond acceptors (Lipinski definition) is 4. The van der Waals surface area contributed by atoms with Crippen molar-refractivity contribution in [1.29, 1.82) is 0 Å². The fraction of sp³-hybridized carbons (Fsp3) is 0.931. The molecule has 4 aliphatic carbocycles. The second kappa shape index (κ2) is 8.61. The molecule has 33 heavy (non-hydrogen) atoms. The molecule has 0 saturated heterocycles. The number of rotatable bonds is 4. The first-order valence-corrected chi connectivity index (χ1v) is 13.7. The third-order valence-electron chi connectivity index (χ3n) is 11.6. The molecule has 11 unspecified atom stereocenters. The Morgan fingerprint density at radius 1 is 1.03 bits per heavy atom. The summed E-state index contributed by atoms with van der Waals surface area (Å²) in [5, 5.41) is 44.8. The van der Waals surface area contributed by atoms with Gasteiger partial charge in [-0.05, 0) is 92.8 Å². The molecule has 4 rings (SSSR count). The van der Waals surface area contributed by atoms with Crippen LogP contribution in [0.25, 0.3) is 0 Å². The van der Waals surface area contributed by atoms with Crippen molar-refractivity contribution in [1.82, 2.24) is 0 Å². The molecule has 4 N–H and O–H groups in total. The lowest BCUT2D eigenvalue weighted by atomic mass is 9.42. The molecule has 4 aliphatic rings. The standard InChI is InChI=1S/C29H50O4/c1-16(2)19(5)17(3)12-18(4)22-8-9-23-21-13-25(32)29(33)14-20(30)10-11-28(29,7)26(21)24(31)15-27(22,23)6/h16-17,19-21,23-26,30-33H,8-15H2,1-7H3. The third-order valence-corrected chi connectivity index (χ3v) is 11.6. The highest BCUT2D eigenvalue weighted by Gasteiger charge is 2.69. The van der Waals surface area contributed by atoms with E-state index in [4.69, 9.17) is 0 Å². The molecule has 11 atom stereocenters. The van der Waals surface area contributed by atoms with E-state index in [1.165, 1.54) is 5.57 Å². The minimum absolute atomic E-state index is 0.0176. The molecule has 4 fully saturated rings. The fourth-order valence-corrected chi connectivity index (χ4v) is 9.35. The van der Waals surface area contributed by atoms with E-state index in [0.717, 1.165) is 25.7 Å². The molecule has 190 valence electrons. The minimum atomic E-state index is -1.31. The minimum Gasteiger partial charge on any atom is -0.393 e. The average Bonchev–Trinajstić information content (AvgIpc) is 3.06. The molecule has 0 radical (unpaired) electrons. The molecule has 0 bridgehead atoms. The molecule has 0 aliphatic heterocycles. The summed E-state index contributed by atoms with van der Waals surface area (Å²) in [6.45, 7) is 16.2. The molecule has 0 aromatic carbocycles. The Labute approximate surface area is 201 Å². The number of hydrogen-bond donors (Lipinski definition) is 4. The second-order valence-electron chi connectivity index (χ2n) is 13.6. The zero-order valence-corrected chi connectivity index (χ0v) is 22.1. The number of aliphatic hydroxyl groups excluding tert-OH is 3. The summed E-state index contributed by atoms with van der Waals surface area (Å²) in [5.74, 6) is 2.64. The highest BCUT2D eigenvalue weighted by atomic mass is 16.3. The van der Waals surface area contributed by atoms with Gasteiger partial charge in [0, 0.05) is 11.8 Å².